The minimum Gasteiger partial charge on any atom is -0.463 e. The second-order valence-corrected chi connectivity index (χ2v) is 20.2. The molecular weight excluding hydrogens is 1200 g/mol. The van der Waals surface area contributed by atoms with Crippen LogP contribution in [0.5, 0.6) is 0 Å². The van der Waals surface area contributed by atoms with Crippen LogP contribution in [0.25, 0.3) is 0 Å². The molecule has 4 saturated heterocycles. The Bertz CT molecular complexity index is 2530. The number of carbonyl (C=O) groups is 13. The summed E-state index contributed by atoms with van der Waals surface area (Å²) in [6, 6.07) is 0. The van der Waals surface area contributed by atoms with E-state index < -0.39 is 227 Å². The highest BCUT2D eigenvalue weighted by atomic mass is 16.8. The molecule has 0 bridgehead atoms. The van der Waals surface area contributed by atoms with Gasteiger partial charge in [0.15, 0.2) is 80.1 Å². The average Bonchev–Trinajstić information content (AvgIpc) is 2.00. The zero-order valence-corrected chi connectivity index (χ0v) is 51.2. The van der Waals surface area contributed by atoms with Crippen LogP contribution in [0.1, 0.15) is 103 Å². The molecule has 0 aromatic heterocycles. The van der Waals surface area contributed by atoms with Crippen molar-refractivity contribution in [3.05, 3.63) is 12.7 Å². The van der Waals surface area contributed by atoms with Crippen molar-refractivity contribution in [2.75, 3.05) is 33.0 Å². The Hall–Kier alpha value is -7.47. The number of allylic oxidation sites excluding steroid dienone is 1. The van der Waals surface area contributed by atoms with Gasteiger partial charge in [0.05, 0.1) is 6.61 Å². The van der Waals surface area contributed by atoms with Crippen molar-refractivity contribution in [2.24, 2.45) is 0 Å². The molecule has 0 aromatic rings. The van der Waals surface area contributed by atoms with Gasteiger partial charge >= 0.3 is 77.6 Å². The quantitative estimate of drug-likeness (QED) is 0.0418. The number of rotatable bonds is 28. The third-order valence-electron chi connectivity index (χ3n) is 12.6. The largest absolute Gasteiger partial charge is 0.463 e. The Labute approximate surface area is 509 Å². The van der Waals surface area contributed by atoms with Gasteiger partial charge in [0, 0.05) is 90.0 Å². The normalized spacial score (nSPS) is 31.5. The molecule has 89 heavy (non-hydrogen) atoms. The molecule has 4 aliphatic rings. The topological polar surface area (TPSA) is 416 Å². The van der Waals surface area contributed by atoms with Gasteiger partial charge in [-0.2, -0.15) is 0 Å². The lowest BCUT2D eigenvalue weighted by Gasteiger charge is -2.51. The van der Waals surface area contributed by atoms with Crippen LogP contribution in [0.4, 0.5) is 0 Å². The zero-order valence-electron chi connectivity index (χ0n) is 51.2. The maximum atomic E-state index is 13.5. The highest BCUT2D eigenvalue weighted by Gasteiger charge is 2.62. The van der Waals surface area contributed by atoms with Crippen LogP contribution in [0.3, 0.4) is 0 Å². The highest BCUT2D eigenvalue weighted by Crippen LogP contribution is 2.40. The van der Waals surface area contributed by atoms with Crippen molar-refractivity contribution >= 4 is 77.6 Å². The van der Waals surface area contributed by atoms with Crippen molar-refractivity contribution in [1.82, 2.24) is 0 Å². The van der Waals surface area contributed by atoms with Gasteiger partial charge in [0.25, 0.3) is 0 Å². The van der Waals surface area contributed by atoms with E-state index in [4.69, 9.17) is 99.5 Å². The molecule has 4 aliphatic heterocycles. The van der Waals surface area contributed by atoms with E-state index in [0.717, 1.165) is 90.0 Å². The van der Waals surface area contributed by atoms with Gasteiger partial charge in [-0.25, -0.2) is 0 Å². The predicted molar refractivity (Wildman–Crippen MR) is 281 cm³/mol. The summed E-state index contributed by atoms with van der Waals surface area (Å²) in [6.45, 7) is 12.9. The summed E-state index contributed by atoms with van der Waals surface area (Å²) in [4.78, 5) is 168. The molecule has 0 amide bonds. The number of hydrogen-bond donors (Lipinski definition) is 0. The first kappa shape index (κ1) is 74.0. The highest BCUT2D eigenvalue weighted by molar-refractivity contribution is 5.71. The molecule has 0 unspecified atom stereocenters. The van der Waals surface area contributed by atoms with Crippen LogP contribution in [0.15, 0.2) is 12.7 Å². The summed E-state index contributed by atoms with van der Waals surface area (Å²) in [5, 5.41) is 0. The van der Waals surface area contributed by atoms with E-state index in [2.05, 4.69) is 6.58 Å². The first-order chi connectivity index (χ1) is 41.8. The second kappa shape index (κ2) is 35.1. The first-order valence-corrected chi connectivity index (χ1v) is 27.7. The van der Waals surface area contributed by atoms with Gasteiger partial charge in [0.2, 0.25) is 0 Å². The van der Waals surface area contributed by atoms with Crippen molar-refractivity contribution in [1.29, 1.82) is 0 Å². The first-order valence-electron chi connectivity index (χ1n) is 27.7. The van der Waals surface area contributed by atoms with Gasteiger partial charge in [-0.15, -0.1) is 6.58 Å². The Morgan fingerprint density at radius 2 is 0.506 bits per heavy atom. The minimum atomic E-state index is -2.30. The summed E-state index contributed by atoms with van der Waals surface area (Å²) in [5.41, 5.74) is 0. The summed E-state index contributed by atoms with van der Waals surface area (Å²) in [6.07, 6.45) is -36.5. The van der Waals surface area contributed by atoms with Crippen LogP contribution < -0.4 is 0 Å². The Morgan fingerprint density at radius 3 is 0.753 bits per heavy atom. The molecule has 0 aliphatic carbocycles. The molecular formula is C55H76O34. The third kappa shape index (κ3) is 23.1. The molecule has 20 atom stereocenters. The summed E-state index contributed by atoms with van der Waals surface area (Å²) in [7, 11) is 0. The second-order valence-electron chi connectivity index (χ2n) is 20.2. The molecule has 34 nitrogen and oxygen atoms in total. The van der Waals surface area contributed by atoms with Crippen LogP contribution in [0, 0.1) is 0 Å². The van der Waals surface area contributed by atoms with E-state index in [1.54, 1.807) is 6.08 Å². The van der Waals surface area contributed by atoms with E-state index in [-0.39, 0.29) is 6.61 Å². The minimum absolute atomic E-state index is 0.0970. The van der Waals surface area contributed by atoms with Gasteiger partial charge in [-0.1, -0.05) is 6.08 Å². The van der Waals surface area contributed by atoms with Crippen molar-refractivity contribution in [2.45, 2.75) is 226 Å². The van der Waals surface area contributed by atoms with E-state index in [9.17, 15) is 62.3 Å². The molecule has 4 rings (SSSR count). The van der Waals surface area contributed by atoms with E-state index in [0.29, 0.717) is 12.8 Å². The van der Waals surface area contributed by atoms with E-state index >= 15 is 0 Å². The van der Waals surface area contributed by atoms with Crippen LogP contribution in [-0.2, 0) is 162 Å². The van der Waals surface area contributed by atoms with Crippen LogP contribution in [0.2, 0.25) is 0 Å². The molecule has 34 heteroatoms. The maximum Gasteiger partial charge on any atom is 0.303 e. The fourth-order valence-electron chi connectivity index (χ4n) is 9.60. The van der Waals surface area contributed by atoms with Crippen LogP contribution in [-0.4, -0.2) is 233 Å². The molecule has 0 radical (unpaired) electrons. The fourth-order valence-corrected chi connectivity index (χ4v) is 9.60. The molecule has 0 spiro atoms. The Morgan fingerprint density at radius 1 is 0.292 bits per heavy atom. The lowest BCUT2D eigenvalue weighted by atomic mass is 9.94. The van der Waals surface area contributed by atoms with Gasteiger partial charge in [0.1, 0.15) is 69.2 Å². The molecule has 0 N–H and O–H groups in total. The Kier molecular flexibility index (Phi) is 29.2. The number of esters is 13. The number of carbonyl (C=O) groups excluding carboxylic acids is 13. The number of hydrogen-bond acceptors (Lipinski definition) is 34. The van der Waals surface area contributed by atoms with E-state index in [1.165, 1.54) is 0 Å². The van der Waals surface area contributed by atoms with Gasteiger partial charge in [-0.05, 0) is 12.8 Å². The Balaban J connectivity index is 2.09. The van der Waals surface area contributed by atoms with Crippen LogP contribution >= 0.6 is 0 Å². The maximum absolute atomic E-state index is 13.5. The van der Waals surface area contributed by atoms with Crippen molar-refractivity contribution < 1.29 is 162 Å². The summed E-state index contributed by atoms with van der Waals surface area (Å²) in [5.74, 6) is -13.3. The van der Waals surface area contributed by atoms with Gasteiger partial charge in [-0.3, -0.25) is 62.3 Å². The lowest BCUT2D eigenvalue weighted by molar-refractivity contribution is -0.391. The van der Waals surface area contributed by atoms with Gasteiger partial charge < -0.3 is 99.5 Å². The third-order valence-corrected chi connectivity index (χ3v) is 12.6. The molecule has 500 valence electrons. The van der Waals surface area contributed by atoms with Crippen molar-refractivity contribution in [3.8, 4) is 0 Å². The lowest BCUT2D eigenvalue weighted by Crippen LogP contribution is -2.70. The number of ether oxygens (including phenoxy) is 21. The molecule has 0 saturated carbocycles. The van der Waals surface area contributed by atoms with E-state index in [1.807, 2.05) is 0 Å². The fraction of sp³-hybridized carbons (Fsp3) is 0.727. The average molecular weight is 1280 g/mol. The monoisotopic (exact) mass is 1280 g/mol. The standard InChI is InChI=1S/C55H76O34/c1-15-16-17-18-69-52-48(79-32(11)65)45(41(75-28(7)61)36(83-52)19-70-23(2)56)87-54-50(81-34(13)67)47(43(77-30(9)63)38(85-54)21-72-25(4)58)89-55-51(82-35(14)68)46(42(76-29(8)62)39(86-55)22-73-26(5)59)88-53-49(80-33(12)66)44(78-31(10)64)40(74-27(6)60)37(84-53)20-71-24(3)57/h15,36-55H,1,16-22H2,2-14H3/t36-,37-,38-,39-,40-,41-,42-,43-,44+,45+,46+,47+,48-,49-,50-,51-,52-,53+,54+,55+/m1/s1. The SMILES string of the molecule is C=CCCCO[C@@H]1O[C@H](COC(C)=O)[C@@H](OC(C)=O)[C@H](O[C@@H]2O[C@H](COC(C)=O)[C@@H](OC(C)=O)[C@H](O[C@@H]3O[C@H](COC(C)=O)[C@@H](OC(C)=O)[C@H](O[C@@H]4O[C@H](COC(C)=O)[C@@H](OC(C)=O)[C@H](OC(C)=O)[C@H]4OC(C)=O)[C@H]3OC(C)=O)[C@H]2OC(C)=O)[C@H]1OC(C)=O. The smallest absolute Gasteiger partial charge is 0.303 e. The zero-order chi connectivity index (χ0) is 66.6. The molecule has 0 aromatic carbocycles. The summed E-state index contributed by atoms with van der Waals surface area (Å²) >= 11 is 0. The molecule has 4 fully saturated rings. The molecule has 4 heterocycles. The van der Waals surface area contributed by atoms with Crippen molar-refractivity contribution in [3.63, 3.8) is 0 Å². The predicted octanol–water partition coefficient (Wildman–Crippen LogP) is -0.338. The summed E-state index contributed by atoms with van der Waals surface area (Å²) < 4.78 is 124. The number of unbranched alkanes of at least 4 members (excludes halogenated alkanes) is 1.